The van der Waals surface area contributed by atoms with E-state index in [4.69, 9.17) is 9.97 Å². The molecule has 0 saturated heterocycles. The number of hydrogen-bond acceptors (Lipinski definition) is 2. The average molecular weight is 651 g/mol. The maximum atomic E-state index is 5.50. The highest BCUT2D eigenvalue weighted by Crippen LogP contribution is 2.44. The molecule has 0 aliphatic heterocycles. The fraction of sp³-hybridized carbons (Fsp3) is 0.0213. The first-order valence-corrected chi connectivity index (χ1v) is 17.5. The summed E-state index contributed by atoms with van der Waals surface area (Å²) in [4.78, 5) is 11.0. The average Bonchev–Trinajstić information content (AvgIpc) is 3.86. The fourth-order valence-electron chi connectivity index (χ4n) is 8.36. The van der Waals surface area contributed by atoms with Crippen LogP contribution in [0, 0.1) is 0 Å². The van der Waals surface area contributed by atoms with Gasteiger partial charge in [-0.2, -0.15) is 9.97 Å². The van der Waals surface area contributed by atoms with E-state index in [0.717, 1.165) is 56.5 Å². The third-order valence-corrected chi connectivity index (χ3v) is 10.6. The van der Waals surface area contributed by atoms with E-state index < -0.39 is 0 Å². The molecule has 238 valence electrons. The van der Waals surface area contributed by atoms with Crippen LogP contribution in [0.25, 0.3) is 89.1 Å². The summed E-state index contributed by atoms with van der Waals surface area (Å²) in [5.74, 6) is 1.50. The maximum Gasteiger partial charge on any atom is 0.238 e. The minimum atomic E-state index is 0.649. The van der Waals surface area contributed by atoms with Gasteiger partial charge in [-0.3, -0.25) is 8.97 Å². The summed E-state index contributed by atoms with van der Waals surface area (Å²) < 4.78 is 4.52. The molecule has 0 spiro atoms. The standard InChI is InChI=1S/C47H30N4/c1-3-14-30(15-4-1)44-39-22-9-10-23-40(39)46-49-47(48-45(51(44)46)31-16-5-2-6-17-31)50-41-25-12-11-21-37(41)38-27-26-33(29-42(38)50)36-24-13-19-34-28-32-18-7-8-20-35(32)43(34)36/h1-27,29H,28H2. The van der Waals surface area contributed by atoms with Crippen molar-refractivity contribution in [3.8, 4) is 50.8 Å². The summed E-state index contributed by atoms with van der Waals surface area (Å²) >= 11 is 0. The number of benzene rings is 7. The second-order valence-electron chi connectivity index (χ2n) is 13.4. The lowest BCUT2D eigenvalue weighted by atomic mass is 9.93. The van der Waals surface area contributed by atoms with Gasteiger partial charge in [0.05, 0.1) is 16.7 Å². The van der Waals surface area contributed by atoms with Crippen LogP contribution in [0.4, 0.5) is 0 Å². The van der Waals surface area contributed by atoms with Gasteiger partial charge in [-0.05, 0) is 57.5 Å². The highest BCUT2D eigenvalue weighted by molar-refractivity contribution is 6.11. The highest BCUT2D eigenvalue weighted by Gasteiger charge is 2.25. The van der Waals surface area contributed by atoms with Gasteiger partial charge in [-0.1, -0.05) is 158 Å². The van der Waals surface area contributed by atoms with Crippen molar-refractivity contribution in [1.82, 2.24) is 18.9 Å². The molecule has 0 atom stereocenters. The van der Waals surface area contributed by atoms with Gasteiger partial charge in [0.15, 0.2) is 5.65 Å². The molecule has 0 unspecified atom stereocenters. The second-order valence-corrected chi connectivity index (χ2v) is 13.4. The Kier molecular flexibility index (Phi) is 5.98. The molecule has 0 bridgehead atoms. The molecule has 1 aliphatic carbocycles. The van der Waals surface area contributed by atoms with Crippen LogP contribution in [0.15, 0.2) is 170 Å². The lowest BCUT2D eigenvalue weighted by molar-refractivity contribution is 0.952. The van der Waals surface area contributed by atoms with Crippen molar-refractivity contribution < 1.29 is 0 Å². The van der Waals surface area contributed by atoms with Crippen molar-refractivity contribution in [2.75, 3.05) is 0 Å². The monoisotopic (exact) mass is 650 g/mol. The van der Waals surface area contributed by atoms with Crippen LogP contribution in [0.1, 0.15) is 11.1 Å². The number of rotatable bonds is 4. The molecule has 11 rings (SSSR count). The van der Waals surface area contributed by atoms with Gasteiger partial charge >= 0.3 is 0 Å². The van der Waals surface area contributed by atoms with Crippen LogP contribution in [0.3, 0.4) is 0 Å². The quantitative estimate of drug-likeness (QED) is 0.190. The van der Waals surface area contributed by atoms with Gasteiger partial charge in [-0.15, -0.1) is 0 Å². The molecule has 7 aromatic carbocycles. The number of nitrogens with zero attached hydrogens (tertiary/aromatic N) is 4. The molecule has 0 fully saturated rings. The summed E-state index contributed by atoms with van der Waals surface area (Å²) in [6, 6.07) is 60.8. The third kappa shape index (κ3) is 4.14. The highest BCUT2D eigenvalue weighted by atomic mass is 15.2. The van der Waals surface area contributed by atoms with E-state index in [1.165, 1.54) is 44.2 Å². The number of hydrogen-bond donors (Lipinski definition) is 0. The smallest absolute Gasteiger partial charge is 0.238 e. The summed E-state index contributed by atoms with van der Waals surface area (Å²) in [5, 5.41) is 4.60. The van der Waals surface area contributed by atoms with E-state index in [1.807, 2.05) is 0 Å². The first-order chi connectivity index (χ1) is 25.3. The Labute approximate surface area is 294 Å². The van der Waals surface area contributed by atoms with Gasteiger partial charge in [0.1, 0.15) is 5.82 Å². The zero-order chi connectivity index (χ0) is 33.5. The number of fused-ring (bicyclic) bond motifs is 9. The topological polar surface area (TPSA) is 35.1 Å². The molecule has 4 heteroatoms. The maximum absolute atomic E-state index is 5.50. The van der Waals surface area contributed by atoms with Crippen molar-refractivity contribution in [1.29, 1.82) is 0 Å². The third-order valence-electron chi connectivity index (χ3n) is 10.6. The van der Waals surface area contributed by atoms with E-state index in [2.05, 4.69) is 179 Å². The van der Waals surface area contributed by atoms with E-state index in [1.54, 1.807) is 0 Å². The lowest BCUT2D eigenvalue weighted by Gasteiger charge is -2.14. The molecule has 1 aliphatic rings. The van der Waals surface area contributed by atoms with Gasteiger partial charge in [0, 0.05) is 27.1 Å². The lowest BCUT2D eigenvalue weighted by Crippen LogP contribution is -2.07. The molecule has 0 radical (unpaired) electrons. The van der Waals surface area contributed by atoms with Crippen molar-refractivity contribution in [2.24, 2.45) is 0 Å². The van der Waals surface area contributed by atoms with Crippen LogP contribution in [0.2, 0.25) is 0 Å². The molecule has 51 heavy (non-hydrogen) atoms. The Bertz CT molecular complexity index is 2990. The van der Waals surface area contributed by atoms with Crippen LogP contribution >= 0.6 is 0 Å². The largest absolute Gasteiger partial charge is 0.278 e. The zero-order valence-electron chi connectivity index (χ0n) is 27.7. The first-order valence-electron chi connectivity index (χ1n) is 17.5. The van der Waals surface area contributed by atoms with E-state index in [-0.39, 0.29) is 0 Å². The van der Waals surface area contributed by atoms with E-state index in [0.29, 0.717) is 5.95 Å². The molecule has 0 amide bonds. The number of aromatic nitrogens is 4. The molecule has 0 saturated carbocycles. The minimum absolute atomic E-state index is 0.649. The Balaban J connectivity index is 1.24. The van der Waals surface area contributed by atoms with Gasteiger partial charge in [-0.25, -0.2) is 0 Å². The normalized spacial score (nSPS) is 12.2. The van der Waals surface area contributed by atoms with Crippen LogP contribution < -0.4 is 0 Å². The van der Waals surface area contributed by atoms with E-state index in [9.17, 15) is 0 Å². The van der Waals surface area contributed by atoms with Crippen LogP contribution in [-0.2, 0) is 6.42 Å². The molecule has 4 nitrogen and oxygen atoms in total. The molecular formula is C47H30N4. The SMILES string of the molecule is c1ccc(-c2nc(-n3c4ccccc4c4ccc(-c5cccc6c5-c5ccccc5C6)cc43)nc3c4ccccc4c(-c4ccccc4)n23)cc1. The molecule has 3 aromatic heterocycles. The van der Waals surface area contributed by atoms with Crippen molar-refractivity contribution in [2.45, 2.75) is 6.42 Å². The van der Waals surface area contributed by atoms with Gasteiger partial charge < -0.3 is 0 Å². The van der Waals surface area contributed by atoms with Gasteiger partial charge in [0.2, 0.25) is 5.95 Å². The van der Waals surface area contributed by atoms with Gasteiger partial charge in [0.25, 0.3) is 0 Å². The Hall–Kier alpha value is -6.78. The van der Waals surface area contributed by atoms with E-state index >= 15 is 0 Å². The van der Waals surface area contributed by atoms with Crippen molar-refractivity contribution in [3.63, 3.8) is 0 Å². The van der Waals surface area contributed by atoms with Crippen LogP contribution in [-0.4, -0.2) is 18.9 Å². The summed E-state index contributed by atoms with van der Waals surface area (Å²) in [7, 11) is 0. The predicted molar refractivity (Wildman–Crippen MR) is 209 cm³/mol. The zero-order valence-corrected chi connectivity index (χ0v) is 27.7. The molecular weight excluding hydrogens is 621 g/mol. The van der Waals surface area contributed by atoms with Crippen molar-refractivity contribution >= 4 is 38.2 Å². The first kappa shape index (κ1) is 28.1. The number of para-hydroxylation sites is 1. The Morgan fingerprint density at radius 2 is 1.08 bits per heavy atom. The Morgan fingerprint density at radius 3 is 1.92 bits per heavy atom. The summed E-state index contributed by atoms with van der Waals surface area (Å²) in [5.41, 5.74) is 14.2. The summed E-state index contributed by atoms with van der Waals surface area (Å²) in [6.45, 7) is 0. The van der Waals surface area contributed by atoms with Crippen LogP contribution in [0.5, 0.6) is 0 Å². The molecule has 3 heterocycles. The van der Waals surface area contributed by atoms with Crippen molar-refractivity contribution in [3.05, 3.63) is 181 Å². The fourth-order valence-corrected chi connectivity index (χ4v) is 8.36. The molecule has 0 N–H and O–H groups in total. The minimum Gasteiger partial charge on any atom is -0.278 e. The predicted octanol–water partition coefficient (Wildman–Crippen LogP) is 11.6. The second kappa shape index (κ2) is 10.9. The molecule has 10 aromatic rings. The summed E-state index contributed by atoms with van der Waals surface area (Å²) in [6.07, 6.45) is 0.966. The Morgan fingerprint density at radius 1 is 0.431 bits per heavy atom.